The lowest BCUT2D eigenvalue weighted by Crippen LogP contribution is -2.14. The Labute approximate surface area is 188 Å². The number of rotatable bonds is 4. The predicted molar refractivity (Wildman–Crippen MR) is 133 cm³/mol. The maximum atomic E-state index is 8.75. The minimum Gasteiger partial charge on any atom is -0.269 e. The Kier molecular flexibility index (Phi) is 12.4. The average molecular weight is 417 g/mol. The van der Waals surface area contributed by atoms with E-state index in [1.54, 1.807) is 12.3 Å². The van der Waals surface area contributed by atoms with E-state index in [4.69, 9.17) is 5.26 Å². The van der Waals surface area contributed by atoms with Crippen molar-refractivity contribution in [1.82, 2.24) is 9.97 Å². The summed E-state index contributed by atoms with van der Waals surface area (Å²) in [6.07, 6.45) is 10.5. The van der Waals surface area contributed by atoms with Gasteiger partial charge < -0.3 is 0 Å². The highest BCUT2D eigenvalue weighted by Gasteiger charge is 2.18. The van der Waals surface area contributed by atoms with Crippen molar-refractivity contribution in [2.75, 3.05) is 6.54 Å². The van der Waals surface area contributed by atoms with E-state index in [9.17, 15) is 0 Å². The van der Waals surface area contributed by atoms with E-state index in [0.717, 1.165) is 34.9 Å². The second-order valence-electron chi connectivity index (χ2n) is 7.02. The van der Waals surface area contributed by atoms with Crippen LogP contribution in [0.25, 0.3) is 11.1 Å². The number of benzene rings is 1. The highest BCUT2D eigenvalue weighted by molar-refractivity contribution is 6.13. The summed E-state index contributed by atoms with van der Waals surface area (Å²) in [4.78, 5) is 13.0. The van der Waals surface area contributed by atoms with Gasteiger partial charge in [0.15, 0.2) is 0 Å². The summed E-state index contributed by atoms with van der Waals surface area (Å²) in [6.45, 7) is 14.4. The molecule has 4 rings (SSSR count). The van der Waals surface area contributed by atoms with Crippen LogP contribution in [0.5, 0.6) is 0 Å². The molecule has 1 fully saturated rings. The van der Waals surface area contributed by atoms with Crippen LogP contribution in [0.15, 0.2) is 60.4 Å². The van der Waals surface area contributed by atoms with E-state index in [0.29, 0.717) is 12.3 Å². The molecule has 0 unspecified atom stereocenters. The van der Waals surface area contributed by atoms with Crippen LogP contribution in [0.4, 0.5) is 0 Å². The van der Waals surface area contributed by atoms with Crippen LogP contribution in [0.2, 0.25) is 0 Å². The summed E-state index contributed by atoms with van der Waals surface area (Å²) in [7, 11) is 0. The van der Waals surface area contributed by atoms with Gasteiger partial charge in [-0.05, 0) is 30.9 Å². The van der Waals surface area contributed by atoms with Gasteiger partial charge in [-0.2, -0.15) is 5.26 Å². The van der Waals surface area contributed by atoms with Crippen molar-refractivity contribution in [3.63, 3.8) is 0 Å². The SMILES string of the molecule is C=C(C)c1ccccc1.CC.CC.N#CC1=NCC(c2cnc(CC3CCC3)cn2)=C1. The van der Waals surface area contributed by atoms with Crippen molar-refractivity contribution in [2.45, 2.75) is 60.3 Å². The molecule has 1 aliphatic heterocycles. The Morgan fingerprint density at radius 1 is 1.06 bits per heavy atom. The van der Waals surface area contributed by atoms with Gasteiger partial charge in [0, 0.05) is 11.8 Å². The molecule has 1 aromatic carbocycles. The number of aliphatic imine (C=N–C) groups is 1. The summed E-state index contributed by atoms with van der Waals surface area (Å²) in [5.41, 5.74) is 5.71. The van der Waals surface area contributed by atoms with E-state index in [-0.39, 0.29) is 0 Å². The van der Waals surface area contributed by atoms with Crippen molar-refractivity contribution >= 4 is 16.9 Å². The molecule has 4 nitrogen and oxygen atoms in total. The molecule has 4 heteroatoms. The molecule has 2 heterocycles. The van der Waals surface area contributed by atoms with Crippen molar-refractivity contribution in [2.24, 2.45) is 10.9 Å². The molecule has 0 radical (unpaired) electrons. The lowest BCUT2D eigenvalue weighted by Gasteiger charge is -2.24. The first-order valence-corrected chi connectivity index (χ1v) is 11.3. The van der Waals surface area contributed by atoms with Crippen LogP contribution in [0.1, 0.15) is 70.8 Å². The molecule has 0 saturated heterocycles. The van der Waals surface area contributed by atoms with Crippen LogP contribution in [-0.4, -0.2) is 22.2 Å². The van der Waals surface area contributed by atoms with Gasteiger partial charge in [0.2, 0.25) is 0 Å². The largest absolute Gasteiger partial charge is 0.269 e. The van der Waals surface area contributed by atoms with Crippen LogP contribution in [0, 0.1) is 17.2 Å². The summed E-state index contributed by atoms with van der Waals surface area (Å²) in [5, 5.41) is 8.75. The van der Waals surface area contributed by atoms with Gasteiger partial charge in [0.1, 0.15) is 11.8 Å². The molecule has 0 amide bonds. The number of nitrogens with zero attached hydrogens (tertiary/aromatic N) is 4. The van der Waals surface area contributed by atoms with E-state index in [1.165, 1.54) is 24.8 Å². The molecule has 164 valence electrons. The maximum absolute atomic E-state index is 8.75. The van der Waals surface area contributed by atoms with Crippen molar-refractivity contribution in [1.29, 1.82) is 5.26 Å². The lowest BCUT2D eigenvalue weighted by atomic mass is 9.82. The quantitative estimate of drug-likeness (QED) is 0.541. The molecule has 0 N–H and O–H groups in total. The zero-order valence-electron chi connectivity index (χ0n) is 19.7. The van der Waals surface area contributed by atoms with Crippen molar-refractivity contribution in [3.05, 3.63) is 72.3 Å². The second-order valence-corrected chi connectivity index (χ2v) is 7.02. The van der Waals surface area contributed by atoms with E-state index in [2.05, 4.69) is 33.7 Å². The van der Waals surface area contributed by atoms with Gasteiger partial charge in [-0.1, -0.05) is 89.4 Å². The molecule has 2 aromatic rings. The number of nitriles is 1. The summed E-state index contributed by atoms with van der Waals surface area (Å²) >= 11 is 0. The molecule has 31 heavy (non-hydrogen) atoms. The van der Waals surface area contributed by atoms with Gasteiger partial charge in [-0.25, -0.2) is 0 Å². The van der Waals surface area contributed by atoms with Crippen LogP contribution < -0.4 is 0 Å². The Hall–Kier alpha value is -3.06. The molecule has 1 saturated carbocycles. The zero-order valence-corrected chi connectivity index (χ0v) is 19.7. The topological polar surface area (TPSA) is 61.9 Å². The normalized spacial score (nSPS) is 13.9. The smallest absolute Gasteiger partial charge is 0.135 e. The third kappa shape index (κ3) is 8.68. The molecular weight excluding hydrogens is 380 g/mol. The van der Waals surface area contributed by atoms with E-state index in [1.807, 2.05) is 65.1 Å². The molecule has 1 aliphatic carbocycles. The Morgan fingerprint density at radius 3 is 2.16 bits per heavy atom. The van der Waals surface area contributed by atoms with Crippen LogP contribution in [0.3, 0.4) is 0 Å². The molecule has 1 aromatic heterocycles. The Balaban J connectivity index is 0.000000313. The third-order valence-electron chi connectivity index (χ3n) is 4.87. The number of hydrogen-bond acceptors (Lipinski definition) is 4. The van der Waals surface area contributed by atoms with E-state index < -0.39 is 0 Å². The first kappa shape index (κ1) is 26.0. The third-order valence-corrected chi connectivity index (χ3v) is 4.87. The van der Waals surface area contributed by atoms with Crippen LogP contribution >= 0.6 is 0 Å². The Morgan fingerprint density at radius 2 is 1.74 bits per heavy atom. The first-order chi connectivity index (χ1) is 15.2. The number of allylic oxidation sites excluding steroid dienone is 2. The lowest BCUT2D eigenvalue weighted by molar-refractivity contribution is 0.312. The fraction of sp³-hybridized carbons (Fsp3) is 0.407. The zero-order chi connectivity index (χ0) is 23.1. The number of aromatic nitrogens is 2. The Bertz CT molecular complexity index is 883. The summed E-state index contributed by atoms with van der Waals surface area (Å²) < 4.78 is 0. The fourth-order valence-electron chi connectivity index (χ4n) is 2.99. The molecular formula is C27H36N4. The summed E-state index contributed by atoms with van der Waals surface area (Å²) in [6, 6.07) is 12.2. The highest BCUT2D eigenvalue weighted by atomic mass is 14.8. The van der Waals surface area contributed by atoms with Gasteiger partial charge in [-0.3, -0.25) is 15.0 Å². The van der Waals surface area contributed by atoms with Crippen molar-refractivity contribution in [3.8, 4) is 6.07 Å². The molecule has 2 aliphatic rings. The number of hydrogen-bond donors (Lipinski definition) is 0. The predicted octanol–water partition coefficient (Wildman–Crippen LogP) is 6.95. The van der Waals surface area contributed by atoms with Gasteiger partial charge in [0.05, 0.1) is 24.1 Å². The monoisotopic (exact) mass is 416 g/mol. The second kappa shape index (κ2) is 14.8. The molecule has 0 atom stereocenters. The minimum atomic E-state index is 0.477. The molecule has 0 spiro atoms. The maximum Gasteiger partial charge on any atom is 0.135 e. The average Bonchev–Trinajstić information content (AvgIpc) is 3.30. The minimum absolute atomic E-state index is 0.477. The van der Waals surface area contributed by atoms with Gasteiger partial charge in [0.25, 0.3) is 0 Å². The summed E-state index contributed by atoms with van der Waals surface area (Å²) in [5.74, 6) is 0.810. The highest BCUT2D eigenvalue weighted by Crippen LogP contribution is 2.29. The van der Waals surface area contributed by atoms with E-state index >= 15 is 0 Å². The van der Waals surface area contributed by atoms with Crippen LogP contribution in [-0.2, 0) is 6.42 Å². The fourth-order valence-corrected chi connectivity index (χ4v) is 2.99. The van der Waals surface area contributed by atoms with Crippen molar-refractivity contribution < 1.29 is 0 Å². The standard InChI is InChI=1S/C14H14N4.C9H10.2C2H6/c15-6-12-5-11(7-16-12)14-9-17-13(8-18-14)4-10-2-1-3-10;1-8(2)9-6-4-3-5-7-9;2*1-2/h5,8-10H,1-4,7H2;3-7H,1H2,2H3;2*1-2H3. The first-order valence-electron chi connectivity index (χ1n) is 11.3. The van der Waals surface area contributed by atoms with Gasteiger partial charge >= 0.3 is 0 Å². The van der Waals surface area contributed by atoms with Gasteiger partial charge in [-0.15, -0.1) is 0 Å². The molecule has 0 bridgehead atoms.